The second-order valence-corrected chi connectivity index (χ2v) is 6.68. The molecule has 0 amide bonds. The van der Waals surface area contributed by atoms with E-state index in [0.29, 0.717) is 0 Å². The van der Waals surface area contributed by atoms with Gasteiger partial charge in [-0.15, -0.1) is 0 Å². The van der Waals surface area contributed by atoms with Crippen LogP contribution in [0.2, 0.25) is 0 Å². The van der Waals surface area contributed by atoms with E-state index in [-0.39, 0.29) is 5.54 Å². The van der Waals surface area contributed by atoms with Gasteiger partial charge >= 0.3 is 0 Å². The summed E-state index contributed by atoms with van der Waals surface area (Å²) in [6.45, 7) is 9.41. The van der Waals surface area contributed by atoms with E-state index in [2.05, 4.69) is 42.3 Å². The fourth-order valence-electron chi connectivity index (χ4n) is 3.62. The van der Waals surface area contributed by atoms with E-state index in [1.54, 1.807) is 11.1 Å². The first kappa shape index (κ1) is 13.1. The van der Waals surface area contributed by atoms with Gasteiger partial charge in [0.05, 0.1) is 0 Å². The van der Waals surface area contributed by atoms with Gasteiger partial charge in [0.1, 0.15) is 0 Å². The van der Waals surface area contributed by atoms with E-state index in [1.807, 2.05) is 0 Å². The van der Waals surface area contributed by atoms with Crippen LogP contribution in [-0.2, 0) is 19.3 Å². The van der Waals surface area contributed by atoms with E-state index in [9.17, 15) is 0 Å². The number of nitrogens with zero attached hydrogens (tertiary/aromatic N) is 1. The van der Waals surface area contributed by atoms with E-state index >= 15 is 0 Å². The molecular weight excluding hydrogens is 232 g/mol. The number of hydrogen-bond acceptors (Lipinski definition) is 2. The van der Waals surface area contributed by atoms with Crippen LogP contribution in [-0.4, -0.2) is 36.6 Å². The molecule has 2 aliphatic rings. The van der Waals surface area contributed by atoms with Gasteiger partial charge in [-0.05, 0) is 56.2 Å². The highest BCUT2D eigenvalue weighted by molar-refractivity contribution is 5.35. The summed E-state index contributed by atoms with van der Waals surface area (Å²) in [5, 5.41) is 3.44. The Bertz CT molecular complexity index is 445. The van der Waals surface area contributed by atoms with E-state index in [4.69, 9.17) is 0 Å². The van der Waals surface area contributed by atoms with Crippen LogP contribution < -0.4 is 5.32 Å². The van der Waals surface area contributed by atoms with Crippen molar-refractivity contribution in [3.8, 4) is 0 Å². The molecule has 1 aliphatic carbocycles. The van der Waals surface area contributed by atoms with Crippen LogP contribution in [0.4, 0.5) is 0 Å². The first-order valence-corrected chi connectivity index (χ1v) is 7.72. The lowest BCUT2D eigenvalue weighted by Gasteiger charge is -2.41. The second-order valence-electron chi connectivity index (χ2n) is 6.68. The van der Waals surface area contributed by atoms with Gasteiger partial charge in [-0.3, -0.25) is 4.90 Å². The fraction of sp³-hybridized carbons (Fsp3) is 0.647. The van der Waals surface area contributed by atoms with Crippen molar-refractivity contribution in [3.05, 3.63) is 34.9 Å². The smallest absolute Gasteiger partial charge is 0.0194 e. The number of benzene rings is 1. The zero-order valence-electron chi connectivity index (χ0n) is 12.3. The van der Waals surface area contributed by atoms with Crippen molar-refractivity contribution < 1.29 is 0 Å². The summed E-state index contributed by atoms with van der Waals surface area (Å²) in [5.74, 6) is 0. The molecule has 1 heterocycles. The molecule has 0 radical (unpaired) electrons. The van der Waals surface area contributed by atoms with Gasteiger partial charge in [0.15, 0.2) is 0 Å². The van der Waals surface area contributed by atoms with Crippen LogP contribution in [0.3, 0.4) is 0 Å². The molecule has 1 aliphatic heterocycles. The number of piperazine rings is 1. The van der Waals surface area contributed by atoms with E-state index in [0.717, 1.165) is 13.1 Å². The molecule has 0 saturated carbocycles. The normalized spacial score (nSPS) is 20.5. The molecule has 0 aromatic heterocycles. The highest BCUT2D eigenvalue weighted by atomic mass is 15.2. The molecule has 1 saturated heterocycles. The largest absolute Gasteiger partial charge is 0.314 e. The Balaban J connectivity index is 1.72. The van der Waals surface area contributed by atoms with Crippen LogP contribution in [0.15, 0.2) is 18.2 Å². The summed E-state index contributed by atoms with van der Waals surface area (Å²) in [6.07, 6.45) is 5.09. The maximum Gasteiger partial charge on any atom is 0.0194 e. The van der Waals surface area contributed by atoms with Crippen LogP contribution in [0.25, 0.3) is 0 Å². The van der Waals surface area contributed by atoms with Crippen molar-refractivity contribution in [2.45, 2.75) is 45.1 Å². The van der Waals surface area contributed by atoms with Gasteiger partial charge in [0.2, 0.25) is 0 Å². The molecule has 2 heteroatoms. The summed E-state index contributed by atoms with van der Waals surface area (Å²) in [5.41, 5.74) is 4.98. The predicted molar refractivity (Wildman–Crippen MR) is 80.7 cm³/mol. The van der Waals surface area contributed by atoms with Crippen molar-refractivity contribution >= 4 is 0 Å². The minimum Gasteiger partial charge on any atom is -0.314 e. The van der Waals surface area contributed by atoms with Crippen LogP contribution in [0.5, 0.6) is 0 Å². The Morgan fingerprint density at radius 3 is 2.63 bits per heavy atom. The monoisotopic (exact) mass is 258 g/mol. The van der Waals surface area contributed by atoms with Crippen molar-refractivity contribution in [1.29, 1.82) is 0 Å². The van der Waals surface area contributed by atoms with Gasteiger partial charge in [0.25, 0.3) is 0 Å². The maximum absolute atomic E-state index is 3.44. The lowest BCUT2D eigenvalue weighted by atomic mass is 9.91. The average molecular weight is 258 g/mol. The highest BCUT2D eigenvalue weighted by Crippen LogP contribution is 2.26. The summed E-state index contributed by atoms with van der Waals surface area (Å²) < 4.78 is 0. The van der Waals surface area contributed by atoms with Crippen molar-refractivity contribution in [2.24, 2.45) is 0 Å². The first-order valence-electron chi connectivity index (χ1n) is 7.72. The summed E-state index contributed by atoms with van der Waals surface area (Å²) in [6, 6.07) is 7.19. The van der Waals surface area contributed by atoms with Gasteiger partial charge in [-0.1, -0.05) is 18.2 Å². The van der Waals surface area contributed by atoms with Crippen molar-refractivity contribution in [3.63, 3.8) is 0 Å². The van der Waals surface area contributed by atoms with E-state index < -0.39 is 0 Å². The zero-order chi connectivity index (χ0) is 13.3. The Labute approximate surface area is 117 Å². The Morgan fingerprint density at radius 1 is 1.11 bits per heavy atom. The minimum atomic E-state index is 0.273. The Morgan fingerprint density at radius 2 is 1.84 bits per heavy atom. The number of rotatable bonds is 3. The van der Waals surface area contributed by atoms with Crippen molar-refractivity contribution in [2.75, 3.05) is 26.2 Å². The Hall–Kier alpha value is -0.860. The zero-order valence-corrected chi connectivity index (χ0v) is 12.3. The van der Waals surface area contributed by atoms with Gasteiger partial charge in [0, 0.05) is 31.7 Å². The first-order chi connectivity index (χ1) is 9.15. The topological polar surface area (TPSA) is 15.3 Å². The molecule has 0 bridgehead atoms. The SMILES string of the molecule is CC(C)(Cc1ccc2c(c1)CCC2)N1CCNCC1. The highest BCUT2D eigenvalue weighted by Gasteiger charge is 2.28. The number of hydrogen-bond donors (Lipinski definition) is 1. The lowest BCUT2D eigenvalue weighted by molar-refractivity contribution is 0.103. The van der Waals surface area contributed by atoms with E-state index in [1.165, 1.54) is 44.3 Å². The Kier molecular flexibility index (Phi) is 3.64. The lowest BCUT2D eigenvalue weighted by Crippen LogP contribution is -2.54. The van der Waals surface area contributed by atoms with Gasteiger partial charge < -0.3 is 5.32 Å². The molecule has 0 unspecified atom stereocenters. The second kappa shape index (κ2) is 5.26. The molecule has 19 heavy (non-hydrogen) atoms. The van der Waals surface area contributed by atoms with Gasteiger partial charge in [-0.2, -0.15) is 0 Å². The molecule has 1 aromatic rings. The molecule has 1 aromatic carbocycles. The molecule has 104 valence electrons. The van der Waals surface area contributed by atoms with Crippen LogP contribution in [0, 0.1) is 0 Å². The van der Waals surface area contributed by atoms with Gasteiger partial charge in [-0.25, -0.2) is 0 Å². The standard InChI is InChI=1S/C17H26N2/c1-17(2,19-10-8-18-9-11-19)13-14-6-7-15-4-3-5-16(15)12-14/h6-7,12,18H,3-5,8-11,13H2,1-2H3. The summed E-state index contributed by atoms with van der Waals surface area (Å²) >= 11 is 0. The molecule has 1 fully saturated rings. The third kappa shape index (κ3) is 2.85. The summed E-state index contributed by atoms with van der Waals surface area (Å²) in [4.78, 5) is 2.64. The fourth-order valence-corrected chi connectivity index (χ4v) is 3.62. The molecule has 0 spiro atoms. The number of nitrogens with one attached hydrogen (secondary N) is 1. The molecule has 3 rings (SSSR count). The number of aryl methyl sites for hydroxylation is 2. The average Bonchev–Trinajstić information content (AvgIpc) is 2.87. The quantitative estimate of drug-likeness (QED) is 0.895. The third-order valence-electron chi connectivity index (χ3n) is 4.77. The number of fused-ring (bicyclic) bond motifs is 1. The van der Waals surface area contributed by atoms with Crippen molar-refractivity contribution in [1.82, 2.24) is 10.2 Å². The molecule has 2 nitrogen and oxygen atoms in total. The molecule has 1 N–H and O–H groups in total. The van der Waals surface area contributed by atoms with Crippen LogP contribution in [0.1, 0.15) is 37.0 Å². The molecule has 0 atom stereocenters. The summed E-state index contributed by atoms with van der Waals surface area (Å²) in [7, 11) is 0. The van der Waals surface area contributed by atoms with Crippen LogP contribution >= 0.6 is 0 Å². The maximum atomic E-state index is 3.44. The molecular formula is C17H26N2. The third-order valence-corrected chi connectivity index (χ3v) is 4.77. The minimum absolute atomic E-state index is 0.273. The predicted octanol–water partition coefficient (Wildman–Crippen LogP) is 2.40.